The molecule has 0 spiro atoms. The van der Waals surface area contributed by atoms with Crippen LogP contribution in [0.15, 0.2) is 0 Å². The summed E-state index contributed by atoms with van der Waals surface area (Å²) in [5.74, 6) is 1.71. The highest BCUT2D eigenvalue weighted by atomic mass is 15.2. The van der Waals surface area contributed by atoms with Crippen LogP contribution < -0.4 is 5.32 Å². The molecule has 0 aromatic heterocycles. The van der Waals surface area contributed by atoms with E-state index in [4.69, 9.17) is 0 Å². The van der Waals surface area contributed by atoms with Gasteiger partial charge in [0.25, 0.3) is 0 Å². The lowest BCUT2D eigenvalue weighted by molar-refractivity contribution is 0.0319. The molecular formula is C18H36N2. The van der Waals surface area contributed by atoms with E-state index in [1.54, 1.807) is 0 Å². The number of piperidine rings is 1. The maximum atomic E-state index is 3.80. The third kappa shape index (κ3) is 3.98. The Morgan fingerprint density at radius 1 is 1.10 bits per heavy atom. The summed E-state index contributed by atoms with van der Waals surface area (Å²) < 4.78 is 0. The second-order valence-electron chi connectivity index (χ2n) is 7.85. The van der Waals surface area contributed by atoms with Crippen LogP contribution in [0.5, 0.6) is 0 Å². The first-order valence-corrected chi connectivity index (χ1v) is 8.97. The molecule has 3 atom stereocenters. The Hall–Kier alpha value is -0.0800. The average molecular weight is 280 g/mol. The van der Waals surface area contributed by atoms with Gasteiger partial charge in [-0.15, -0.1) is 0 Å². The number of rotatable bonds is 7. The van der Waals surface area contributed by atoms with Gasteiger partial charge >= 0.3 is 0 Å². The SMILES string of the molecule is CCC(CC)(CNC1CC1)CN1CC(C)CC(C)C1C. The highest BCUT2D eigenvalue weighted by Crippen LogP contribution is 2.34. The summed E-state index contributed by atoms with van der Waals surface area (Å²) in [6, 6.07) is 1.59. The number of hydrogen-bond acceptors (Lipinski definition) is 2. The van der Waals surface area contributed by atoms with Crippen molar-refractivity contribution in [2.24, 2.45) is 17.3 Å². The fourth-order valence-corrected chi connectivity index (χ4v) is 3.90. The first kappa shape index (κ1) is 16.3. The normalized spacial score (nSPS) is 32.5. The summed E-state index contributed by atoms with van der Waals surface area (Å²) in [6.45, 7) is 15.9. The van der Waals surface area contributed by atoms with Crippen molar-refractivity contribution < 1.29 is 0 Å². The number of nitrogens with zero attached hydrogens (tertiary/aromatic N) is 1. The molecule has 2 fully saturated rings. The van der Waals surface area contributed by atoms with Crippen LogP contribution in [0.2, 0.25) is 0 Å². The number of nitrogens with one attached hydrogen (secondary N) is 1. The van der Waals surface area contributed by atoms with E-state index >= 15 is 0 Å². The molecule has 0 aromatic carbocycles. The van der Waals surface area contributed by atoms with Crippen molar-refractivity contribution >= 4 is 0 Å². The molecule has 2 aliphatic rings. The van der Waals surface area contributed by atoms with Crippen LogP contribution in [0.3, 0.4) is 0 Å². The third-order valence-electron chi connectivity index (χ3n) is 6.10. The van der Waals surface area contributed by atoms with E-state index in [1.165, 1.54) is 51.7 Å². The van der Waals surface area contributed by atoms with E-state index in [0.29, 0.717) is 5.41 Å². The average Bonchev–Trinajstić information content (AvgIpc) is 3.24. The van der Waals surface area contributed by atoms with Crippen LogP contribution in [-0.2, 0) is 0 Å². The van der Waals surface area contributed by atoms with Crippen LogP contribution in [-0.4, -0.2) is 36.6 Å². The second kappa shape index (κ2) is 6.79. The Morgan fingerprint density at radius 3 is 2.30 bits per heavy atom. The van der Waals surface area contributed by atoms with E-state index in [1.807, 2.05) is 0 Å². The molecule has 2 heteroatoms. The molecule has 1 saturated heterocycles. The van der Waals surface area contributed by atoms with E-state index < -0.39 is 0 Å². The predicted molar refractivity (Wildman–Crippen MR) is 88.0 cm³/mol. The Morgan fingerprint density at radius 2 is 1.75 bits per heavy atom. The molecule has 1 saturated carbocycles. The molecule has 1 aliphatic carbocycles. The van der Waals surface area contributed by atoms with Crippen LogP contribution in [0.1, 0.15) is 66.7 Å². The Labute approximate surface area is 126 Å². The minimum absolute atomic E-state index is 0.480. The van der Waals surface area contributed by atoms with Gasteiger partial charge < -0.3 is 5.32 Å². The van der Waals surface area contributed by atoms with E-state index in [9.17, 15) is 0 Å². The van der Waals surface area contributed by atoms with Gasteiger partial charge in [-0.3, -0.25) is 4.90 Å². The standard InChI is InChI=1S/C18H36N2/c1-6-18(7-2,12-19-17-8-9-17)13-20-11-14(3)10-15(4)16(20)5/h14-17,19H,6-13H2,1-5H3. The smallest absolute Gasteiger partial charge is 0.00930 e. The highest BCUT2D eigenvalue weighted by Gasteiger charge is 2.36. The molecule has 2 nitrogen and oxygen atoms in total. The van der Waals surface area contributed by atoms with Crippen LogP contribution in [0, 0.1) is 17.3 Å². The van der Waals surface area contributed by atoms with Gasteiger partial charge in [0.05, 0.1) is 0 Å². The first-order chi connectivity index (χ1) is 9.49. The first-order valence-electron chi connectivity index (χ1n) is 8.97. The summed E-state index contributed by atoms with van der Waals surface area (Å²) in [6.07, 6.45) is 6.81. The van der Waals surface area contributed by atoms with Crippen LogP contribution >= 0.6 is 0 Å². The zero-order valence-corrected chi connectivity index (χ0v) is 14.4. The van der Waals surface area contributed by atoms with Gasteiger partial charge in [-0.1, -0.05) is 27.7 Å². The highest BCUT2D eigenvalue weighted by molar-refractivity contribution is 4.91. The topological polar surface area (TPSA) is 15.3 Å². The molecule has 20 heavy (non-hydrogen) atoms. The van der Waals surface area contributed by atoms with Crippen molar-refractivity contribution in [1.82, 2.24) is 10.2 Å². The Kier molecular flexibility index (Phi) is 5.53. The maximum absolute atomic E-state index is 3.80. The van der Waals surface area contributed by atoms with Gasteiger partial charge in [-0.2, -0.15) is 0 Å². The molecule has 0 bridgehead atoms. The summed E-state index contributed by atoms with van der Waals surface area (Å²) in [5, 5.41) is 3.80. The zero-order valence-electron chi connectivity index (χ0n) is 14.4. The number of likely N-dealkylation sites (tertiary alicyclic amines) is 1. The molecule has 1 N–H and O–H groups in total. The molecular weight excluding hydrogens is 244 g/mol. The van der Waals surface area contributed by atoms with Crippen molar-refractivity contribution in [2.75, 3.05) is 19.6 Å². The Balaban J connectivity index is 1.97. The molecule has 1 heterocycles. The van der Waals surface area contributed by atoms with Crippen molar-refractivity contribution in [2.45, 2.75) is 78.8 Å². The predicted octanol–water partition coefficient (Wildman–Crippen LogP) is 3.91. The van der Waals surface area contributed by atoms with Gasteiger partial charge in [0.1, 0.15) is 0 Å². The fraction of sp³-hybridized carbons (Fsp3) is 1.00. The lowest BCUT2D eigenvalue weighted by Crippen LogP contribution is -2.52. The monoisotopic (exact) mass is 280 g/mol. The van der Waals surface area contributed by atoms with Crippen LogP contribution in [0.4, 0.5) is 0 Å². The lowest BCUT2D eigenvalue weighted by atomic mass is 9.78. The third-order valence-corrected chi connectivity index (χ3v) is 6.10. The van der Waals surface area contributed by atoms with Crippen molar-refractivity contribution in [1.29, 1.82) is 0 Å². The molecule has 0 amide bonds. The van der Waals surface area contributed by atoms with Crippen molar-refractivity contribution in [3.63, 3.8) is 0 Å². The fourth-order valence-electron chi connectivity index (χ4n) is 3.90. The number of hydrogen-bond donors (Lipinski definition) is 1. The summed E-state index contributed by atoms with van der Waals surface area (Å²) in [4.78, 5) is 2.79. The quantitative estimate of drug-likeness (QED) is 0.760. The minimum Gasteiger partial charge on any atom is -0.313 e. The molecule has 2 rings (SSSR count). The van der Waals surface area contributed by atoms with Crippen LogP contribution in [0.25, 0.3) is 0 Å². The van der Waals surface area contributed by atoms with Crippen molar-refractivity contribution in [3.05, 3.63) is 0 Å². The van der Waals surface area contributed by atoms with Gasteiger partial charge in [-0.05, 0) is 56.3 Å². The summed E-state index contributed by atoms with van der Waals surface area (Å²) in [7, 11) is 0. The summed E-state index contributed by atoms with van der Waals surface area (Å²) in [5.41, 5.74) is 0.480. The molecule has 118 valence electrons. The van der Waals surface area contributed by atoms with Gasteiger partial charge in [-0.25, -0.2) is 0 Å². The van der Waals surface area contributed by atoms with Gasteiger partial charge in [0, 0.05) is 31.7 Å². The lowest BCUT2D eigenvalue weighted by Gasteiger charge is -2.46. The largest absolute Gasteiger partial charge is 0.313 e. The van der Waals surface area contributed by atoms with Gasteiger partial charge in [0.15, 0.2) is 0 Å². The Bertz CT molecular complexity index is 294. The molecule has 0 aromatic rings. The minimum atomic E-state index is 0.480. The van der Waals surface area contributed by atoms with E-state index in [2.05, 4.69) is 44.8 Å². The molecule has 3 unspecified atom stereocenters. The molecule has 1 aliphatic heterocycles. The van der Waals surface area contributed by atoms with Crippen molar-refractivity contribution in [3.8, 4) is 0 Å². The second-order valence-corrected chi connectivity index (χ2v) is 7.85. The van der Waals surface area contributed by atoms with E-state index in [-0.39, 0.29) is 0 Å². The summed E-state index contributed by atoms with van der Waals surface area (Å²) >= 11 is 0. The van der Waals surface area contributed by atoms with Gasteiger partial charge in [0.2, 0.25) is 0 Å². The zero-order chi connectivity index (χ0) is 14.8. The molecule has 0 radical (unpaired) electrons. The maximum Gasteiger partial charge on any atom is 0.00930 e. The van der Waals surface area contributed by atoms with E-state index in [0.717, 1.165) is 23.9 Å².